The number of carbonyl (C=O) groups is 2. The molecule has 1 fully saturated rings. The minimum absolute atomic E-state index is 0.0929. The zero-order valence-electron chi connectivity index (χ0n) is 14.3. The molecule has 1 saturated heterocycles. The molecule has 8 nitrogen and oxygen atoms in total. The summed E-state index contributed by atoms with van der Waals surface area (Å²) in [7, 11) is 1.30. The maximum Gasteiger partial charge on any atom is 0.328 e. The molecular formula is C18H19N3O5. The highest BCUT2D eigenvalue weighted by molar-refractivity contribution is 5.89. The summed E-state index contributed by atoms with van der Waals surface area (Å²) in [5.74, 6) is -0.726. The van der Waals surface area contributed by atoms with Gasteiger partial charge in [-0.3, -0.25) is 14.9 Å². The lowest BCUT2D eigenvalue weighted by atomic mass is 10.0. The molecule has 3 rings (SSSR count). The molecule has 0 spiro atoms. The van der Waals surface area contributed by atoms with E-state index in [1.165, 1.54) is 35.0 Å². The Labute approximate surface area is 150 Å². The molecule has 1 aromatic carbocycles. The van der Waals surface area contributed by atoms with Gasteiger partial charge in [-0.15, -0.1) is 0 Å². The molecule has 2 heterocycles. The lowest BCUT2D eigenvalue weighted by molar-refractivity contribution is -0.384. The Balaban J connectivity index is 1.99. The number of ether oxygens (including phenoxy) is 1. The summed E-state index contributed by atoms with van der Waals surface area (Å²) in [6.45, 7) is 0.450. The van der Waals surface area contributed by atoms with Gasteiger partial charge in [-0.2, -0.15) is 0 Å². The summed E-state index contributed by atoms with van der Waals surface area (Å²) in [5, 5.41) is 11.0. The van der Waals surface area contributed by atoms with E-state index in [0.717, 1.165) is 0 Å². The first-order valence-electron chi connectivity index (χ1n) is 8.28. The van der Waals surface area contributed by atoms with Gasteiger partial charge in [-0.25, -0.2) is 4.79 Å². The zero-order valence-corrected chi connectivity index (χ0v) is 14.3. The first kappa shape index (κ1) is 17.7. The summed E-state index contributed by atoms with van der Waals surface area (Å²) >= 11 is 0. The van der Waals surface area contributed by atoms with Crippen LogP contribution in [0.5, 0.6) is 0 Å². The van der Waals surface area contributed by atoms with Gasteiger partial charge in [0.15, 0.2) is 0 Å². The molecule has 8 heteroatoms. The third kappa shape index (κ3) is 3.30. The number of rotatable bonds is 5. The summed E-state index contributed by atoms with van der Waals surface area (Å²) in [6.07, 6.45) is 4.10. The highest BCUT2D eigenvalue weighted by atomic mass is 16.6. The van der Waals surface area contributed by atoms with Gasteiger partial charge in [-0.05, 0) is 18.4 Å². The van der Waals surface area contributed by atoms with E-state index in [4.69, 9.17) is 4.74 Å². The highest BCUT2D eigenvalue weighted by Crippen LogP contribution is 2.28. The Kier molecular flexibility index (Phi) is 5.01. The van der Waals surface area contributed by atoms with Crippen molar-refractivity contribution in [2.24, 2.45) is 0 Å². The van der Waals surface area contributed by atoms with Crippen LogP contribution in [0.2, 0.25) is 0 Å². The summed E-state index contributed by atoms with van der Waals surface area (Å²) in [4.78, 5) is 37.3. The lowest BCUT2D eigenvalue weighted by Crippen LogP contribution is -2.44. The van der Waals surface area contributed by atoms with E-state index in [1.807, 2.05) is 6.07 Å². The predicted octanol–water partition coefficient (Wildman–Crippen LogP) is 2.15. The fourth-order valence-corrected chi connectivity index (χ4v) is 3.32. The number of nitro groups is 1. The average Bonchev–Trinajstić information content (AvgIpc) is 3.32. The van der Waals surface area contributed by atoms with E-state index in [9.17, 15) is 19.7 Å². The van der Waals surface area contributed by atoms with Crippen molar-refractivity contribution in [1.82, 2.24) is 9.47 Å². The van der Waals surface area contributed by atoms with Gasteiger partial charge < -0.3 is 14.2 Å². The minimum Gasteiger partial charge on any atom is -0.467 e. The topological polar surface area (TPSA) is 94.7 Å². The van der Waals surface area contributed by atoms with E-state index in [0.29, 0.717) is 24.9 Å². The molecule has 1 aliphatic rings. The van der Waals surface area contributed by atoms with Crippen LogP contribution < -0.4 is 0 Å². The summed E-state index contributed by atoms with van der Waals surface area (Å²) < 4.78 is 6.33. The molecule has 2 atom stereocenters. The molecule has 0 saturated carbocycles. The van der Waals surface area contributed by atoms with Crippen LogP contribution in [0.4, 0.5) is 5.69 Å². The second-order valence-electron chi connectivity index (χ2n) is 6.10. The SMILES string of the molecule is COC(=O)[C@@H]1CCCN1C(=O)C(c1ccccc1)n1ccc([N+](=O)[O-])c1. The Morgan fingerprint density at radius 3 is 2.62 bits per heavy atom. The molecule has 1 aromatic heterocycles. The first-order valence-corrected chi connectivity index (χ1v) is 8.28. The van der Waals surface area contributed by atoms with Crippen molar-refractivity contribution in [3.05, 3.63) is 64.5 Å². The molecule has 26 heavy (non-hydrogen) atoms. The summed E-state index contributed by atoms with van der Waals surface area (Å²) in [6, 6.07) is 8.96. The van der Waals surface area contributed by atoms with Gasteiger partial charge in [-0.1, -0.05) is 30.3 Å². The number of aromatic nitrogens is 1. The number of benzene rings is 1. The van der Waals surface area contributed by atoms with Crippen LogP contribution in [-0.2, 0) is 14.3 Å². The normalized spacial score (nSPS) is 17.7. The number of likely N-dealkylation sites (tertiary alicyclic amines) is 1. The number of nitrogens with zero attached hydrogens (tertiary/aromatic N) is 3. The number of hydrogen-bond acceptors (Lipinski definition) is 5. The number of hydrogen-bond donors (Lipinski definition) is 0. The van der Waals surface area contributed by atoms with E-state index < -0.39 is 23.0 Å². The molecule has 136 valence electrons. The van der Waals surface area contributed by atoms with Gasteiger partial charge in [0.05, 0.1) is 18.2 Å². The van der Waals surface area contributed by atoms with Crippen LogP contribution in [0.25, 0.3) is 0 Å². The molecule has 0 radical (unpaired) electrons. The standard InChI is InChI=1S/C18H19N3O5/c1-26-18(23)15-8-5-10-20(15)17(22)16(13-6-3-2-4-7-13)19-11-9-14(12-19)21(24)25/h2-4,6-7,9,11-12,15-16H,5,8,10H2,1H3/t15-,16?/m0/s1. The smallest absolute Gasteiger partial charge is 0.328 e. The van der Waals surface area contributed by atoms with E-state index >= 15 is 0 Å². The minimum atomic E-state index is -0.782. The van der Waals surface area contributed by atoms with Crippen molar-refractivity contribution in [3.63, 3.8) is 0 Å². The number of amides is 1. The first-order chi connectivity index (χ1) is 12.5. The quantitative estimate of drug-likeness (QED) is 0.464. The molecule has 0 N–H and O–H groups in total. The Morgan fingerprint density at radius 1 is 1.27 bits per heavy atom. The number of methoxy groups -OCH3 is 1. The third-order valence-corrected chi connectivity index (χ3v) is 4.57. The molecule has 1 unspecified atom stereocenters. The van der Waals surface area contributed by atoms with Crippen LogP contribution in [0.3, 0.4) is 0 Å². The van der Waals surface area contributed by atoms with Crippen molar-refractivity contribution in [3.8, 4) is 0 Å². The van der Waals surface area contributed by atoms with Gasteiger partial charge in [0.1, 0.15) is 12.1 Å². The van der Waals surface area contributed by atoms with Gasteiger partial charge in [0, 0.05) is 18.8 Å². The average molecular weight is 357 g/mol. The molecule has 1 amide bonds. The number of esters is 1. The summed E-state index contributed by atoms with van der Waals surface area (Å²) in [5.41, 5.74) is 0.600. The maximum absolute atomic E-state index is 13.3. The Bertz CT molecular complexity index is 817. The van der Waals surface area contributed by atoms with Gasteiger partial charge in [0.2, 0.25) is 0 Å². The molecule has 0 bridgehead atoms. The largest absolute Gasteiger partial charge is 0.467 e. The molecule has 1 aliphatic heterocycles. The van der Waals surface area contributed by atoms with Crippen molar-refractivity contribution >= 4 is 17.6 Å². The molecule has 2 aromatic rings. The lowest BCUT2D eigenvalue weighted by Gasteiger charge is -2.28. The van der Waals surface area contributed by atoms with Crippen LogP contribution in [-0.4, -0.2) is 46.0 Å². The fraction of sp³-hybridized carbons (Fsp3) is 0.333. The van der Waals surface area contributed by atoms with E-state index in [2.05, 4.69) is 0 Å². The monoisotopic (exact) mass is 357 g/mol. The van der Waals surface area contributed by atoms with Crippen LogP contribution >= 0.6 is 0 Å². The molecular weight excluding hydrogens is 338 g/mol. The second kappa shape index (κ2) is 7.38. The fourth-order valence-electron chi connectivity index (χ4n) is 3.32. The van der Waals surface area contributed by atoms with Crippen molar-refractivity contribution < 1.29 is 19.2 Å². The molecule has 0 aliphatic carbocycles. The third-order valence-electron chi connectivity index (χ3n) is 4.57. The van der Waals surface area contributed by atoms with E-state index in [1.54, 1.807) is 24.3 Å². The maximum atomic E-state index is 13.3. The Morgan fingerprint density at radius 2 is 2.00 bits per heavy atom. The predicted molar refractivity (Wildman–Crippen MR) is 92.4 cm³/mol. The van der Waals surface area contributed by atoms with E-state index in [-0.39, 0.29) is 11.6 Å². The van der Waals surface area contributed by atoms with Crippen molar-refractivity contribution in [1.29, 1.82) is 0 Å². The van der Waals surface area contributed by atoms with Crippen molar-refractivity contribution in [2.75, 3.05) is 13.7 Å². The zero-order chi connectivity index (χ0) is 18.7. The Hall–Kier alpha value is -3.16. The van der Waals surface area contributed by atoms with Crippen LogP contribution in [0, 0.1) is 10.1 Å². The van der Waals surface area contributed by atoms with Gasteiger partial charge >= 0.3 is 5.97 Å². The highest BCUT2D eigenvalue weighted by Gasteiger charge is 2.39. The van der Waals surface area contributed by atoms with Gasteiger partial charge in [0.25, 0.3) is 11.6 Å². The number of carbonyl (C=O) groups excluding carboxylic acids is 2. The second-order valence-corrected chi connectivity index (χ2v) is 6.10. The van der Waals surface area contributed by atoms with Crippen molar-refractivity contribution in [2.45, 2.75) is 24.9 Å². The van der Waals surface area contributed by atoms with Crippen LogP contribution in [0.15, 0.2) is 48.8 Å². The van der Waals surface area contributed by atoms with Crippen LogP contribution in [0.1, 0.15) is 24.4 Å².